The SMILES string of the molecule is Cc1noc(-c2ccc(Br)cc2)c1C(C)(NC(=O)O)c1ccc(C#N)cc1. The second-order valence-corrected chi connectivity index (χ2v) is 7.14. The minimum absolute atomic E-state index is 0.487. The van der Waals surface area contributed by atoms with Gasteiger partial charge in [0.05, 0.1) is 28.4 Å². The molecular weight excluding hydrogens is 410 g/mol. The van der Waals surface area contributed by atoms with Crippen LogP contribution in [0.1, 0.15) is 29.3 Å². The third-order valence-corrected chi connectivity index (χ3v) is 4.95. The lowest BCUT2D eigenvalue weighted by Gasteiger charge is -2.30. The Morgan fingerprint density at radius 1 is 1.22 bits per heavy atom. The van der Waals surface area contributed by atoms with Crippen LogP contribution < -0.4 is 5.32 Å². The van der Waals surface area contributed by atoms with Crippen molar-refractivity contribution in [3.05, 3.63) is 75.4 Å². The van der Waals surface area contributed by atoms with Crippen LogP contribution in [0.4, 0.5) is 4.79 Å². The van der Waals surface area contributed by atoms with Crippen molar-refractivity contribution in [1.29, 1.82) is 5.26 Å². The van der Waals surface area contributed by atoms with Crippen molar-refractivity contribution in [2.24, 2.45) is 0 Å². The molecule has 0 aliphatic rings. The summed E-state index contributed by atoms with van der Waals surface area (Å²) in [7, 11) is 0. The number of amides is 1. The zero-order chi connectivity index (χ0) is 19.6. The van der Waals surface area contributed by atoms with E-state index in [0.717, 1.165) is 10.0 Å². The molecule has 3 rings (SSSR count). The van der Waals surface area contributed by atoms with Crippen LogP contribution in [-0.4, -0.2) is 16.4 Å². The van der Waals surface area contributed by atoms with Gasteiger partial charge in [-0.1, -0.05) is 45.4 Å². The molecule has 1 amide bonds. The lowest BCUT2D eigenvalue weighted by molar-refractivity contribution is 0.184. The van der Waals surface area contributed by atoms with Crippen molar-refractivity contribution < 1.29 is 14.4 Å². The fourth-order valence-corrected chi connectivity index (χ4v) is 3.39. The molecule has 0 fully saturated rings. The molecule has 0 aliphatic heterocycles. The number of nitrogens with zero attached hydrogens (tertiary/aromatic N) is 2. The number of benzene rings is 2. The van der Waals surface area contributed by atoms with Gasteiger partial charge < -0.3 is 14.9 Å². The highest BCUT2D eigenvalue weighted by Gasteiger charge is 2.37. The van der Waals surface area contributed by atoms with Crippen LogP contribution in [0, 0.1) is 18.3 Å². The smallest absolute Gasteiger partial charge is 0.405 e. The van der Waals surface area contributed by atoms with Crippen molar-refractivity contribution >= 4 is 22.0 Å². The Bertz CT molecular complexity index is 1020. The maximum absolute atomic E-state index is 11.6. The first-order valence-corrected chi connectivity index (χ1v) is 8.89. The molecule has 1 atom stereocenters. The maximum Gasteiger partial charge on any atom is 0.405 e. The third kappa shape index (κ3) is 3.57. The number of carboxylic acid groups (broad SMARTS) is 1. The topological polar surface area (TPSA) is 99.2 Å². The van der Waals surface area contributed by atoms with Gasteiger partial charge in [0.1, 0.15) is 0 Å². The summed E-state index contributed by atoms with van der Waals surface area (Å²) in [5.74, 6) is 0.487. The van der Waals surface area contributed by atoms with Gasteiger partial charge in [0.15, 0.2) is 5.76 Å². The highest BCUT2D eigenvalue weighted by molar-refractivity contribution is 9.10. The number of aromatic nitrogens is 1. The number of carbonyl (C=O) groups is 1. The first-order chi connectivity index (χ1) is 12.8. The van der Waals surface area contributed by atoms with E-state index in [2.05, 4.69) is 32.5 Å². The normalized spacial score (nSPS) is 12.8. The van der Waals surface area contributed by atoms with E-state index in [1.54, 1.807) is 38.1 Å². The van der Waals surface area contributed by atoms with Crippen LogP contribution in [0.15, 0.2) is 57.5 Å². The summed E-state index contributed by atoms with van der Waals surface area (Å²) in [6.07, 6.45) is -1.18. The van der Waals surface area contributed by atoms with E-state index in [0.29, 0.717) is 28.1 Å². The summed E-state index contributed by atoms with van der Waals surface area (Å²) >= 11 is 3.40. The zero-order valence-electron chi connectivity index (χ0n) is 14.7. The van der Waals surface area contributed by atoms with E-state index in [1.807, 2.05) is 24.3 Å². The van der Waals surface area contributed by atoms with Crippen LogP contribution in [0.25, 0.3) is 11.3 Å². The molecule has 0 saturated heterocycles. The first kappa shape index (κ1) is 18.7. The summed E-state index contributed by atoms with van der Waals surface area (Å²) in [4.78, 5) is 11.6. The van der Waals surface area contributed by atoms with E-state index in [-0.39, 0.29) is 0 Å². The van der Waals surface area contributed by atoms with Gasteiger partial charge in [-0.25, -0.2) is 4.79 Å². The molecule has 0 spiro atoms. The first-order valence-electron chi connectivity index (χ1n) is 8.09. The zero-order valence-corrected chi connectivity index (χ0v) is 16.2. The third-order valence-electron chi connectivity index (χ3n) is 4.42. The molecule has 0 bridgehead atoms. The van der Waals surface area contributed by atoms with Gasteiger partial charge in [-0.3, -0.25) is 0 Å². The largest absolute Gasteiger partial charge is 0.465 e. The fraction of sp³-hybridized carbons (Fsp3) is 0.150. The standard InChI is InChI=1S/C20H16BrN3O3/c1-12-17(18(27-24-12)14-5-9-16(21)10-6-14)20(2,23-19(25)26)15-7-3-13(11-22)4-8-15/h3-10,23H,1-2H3,(H,25,26). The van der Waals surface area contributed by atoms with Crippen molar-refractivity contribution in [2.45, 2.75) is 19.4 Å². The summed E-state index contributed by atoms with van der Waals surface area (Å²) in [6.45, 7) is 3.52. The molecule has 2 N–H and O–H groups in total. The molecule has 1 aromatic heterocycles. The number of hydrogen-bond donors (Lipinski definition) is 2. The predicted octanol–water partition coefficient (Wildman–Crippen LogP) is 4.82. The fourth-order valence-electron chi connectivity index (χ4n) is 3.13. The van der Waals surface area contributed by atoms with Crippen molar-refractivity contribution in [1.82, 2.24) is 10.5 Å². The molecule has 0 aliphatic carbocycles. The minimum atomic E-state index is -1.18. The lowest BCUT2D eigenvalue weighted by atomic mass is 9.82. The molecule has 6 nitrogen and oxygen atoms in total. The predicted molar refractivity (Wildman–Crippen MR) is 103 cm³/mol. The second kappa shape index (κ2) is 7.25. The maximum atomic E-state index is 11.6. The van der Waals surface area contributed by atoms with Gasteiger partial charge in [0.25, 0.3) is 0 Å². The van der Waals surface area contributed by atoms with Crippen LogP contribution in [0.5, 0.6) is 0 Å². The van der Waals surface area contributed by atoms with Crippen LogP contribution >= 0.6 is 15.9 Å². The molecule has 2 aromatic carbocycles. The molecule has 7 heteroatoms. The van der Waals surface area contributed by atoms with Crippen molar-refractivity contribution in [3.63, 3.8) is 0 Å². The average molecular weight is 426 g/mol. The van der Waals surface area contributed by atoms with E-state index in [9.17, 15) is 9.90 Å². The molecule has 27 heavy (non-hydrogen) atoms. The Morgan fingerprint density at radius 2 is 1.85 bits per heavy atom. The monoisotopic (exact) mass is 425 g/mol. The van der Waals surface area contributed by atoms with Gasteiger partial charge in [-0.05, 0) is 43.7 Å². The quantitative estimate of drug-likeness (QED) is 0.624. The highest BCUT2D eigenvalue weighted by Crippen LogP contribution is 2.39. The van der Waals surface area contributed by atoms with Gasteiger partial charge in [-0.15, -0.1) is 0 Å². The van der Waals surface area contributed by atoms with Gasteiger partial charge in [0, 0.05) is 10.0 Å². The molecular formula is C20H16BrN3O3. The Hall–Kier alpha value is -3.11. The number of aryl methyl sites for hydroxylation is 1. The van der Waals surface area contributed by atoms with E-state index >= 15 is 0 Å². The van der Waals surface area contributed by atoms with E-state index in [1.165, 1.54) is 0 Å². The van der Waals surface area contributed by atoms with Crippen molar-refractivity contribution in [3.8, 4) is 17.4 Å². The summed E-state index contributed by atoms with van der Waals surface area (Å²) in [5, 5.41) is 25.2. The Balaban J connectivity index is 2.21. The highest BCUT2D eigenvalue weighted by atomic mass is 79.9. The van der Waals surface area contributed by atoms with Crippen LogP contribution in [0.2, 0.25) is 0 Å². The van der Waals surface area contributed by atoms with Crippen molar-refractivity contribution in [2.75, 3.05) is 0 Å². The Labute approximate surface area is 164 Å². The van der Waals surface area contributed by atoms with Gasteiger partial charge in [0.2, 0.25) is 0 Å². The molecule has 0 saturated carbocycles. The summed E-state index contributed by atoms with van der Waals surface area (Å²) < 4.78 is 6.48. The number of nitriles is 1. The summed E-state index contributed by atoms with van der Waals surface area (Å²) in [5.41, 5.74) is 2.03. The molecule has 3 aromatic rings. The lowest BCUT2D eigenvalue weighted by Crippen LogP contribution is -2.44. The number of hydrogen-bond acceptors (Lipinski definition) is 4. The average Bonchev–Trinajstić information content (AvgIpc) is 3.04. The van der Waals surface area contributed by atoms with Crippen LogP contribution in [0.3, 0.4) is 0 Å². The Kier molecular flexibility index (Phi) is 5.02. The second-order valence-electron chi connectivity index (χ2n) is 6.22. The Morgan fingerprint density at radius 3 is 2.41 bits per heavy atom. The molecule has 1 unspecified atom stereocenters. The van der Waals surface area contributed by atoms with E-state index in [4.69, 9.17) is 9.78 Å². The number of halogens is 1. The number of nitrogens with one attached hydrogen (secondary N) is 1. The minimum Gasteiger partial charge on any atom is -0.465 e. The molecule has 0 radical (unpaired) electrons. The van der Waals surface area contributed by atoms with E-state index < -0.39 is 11.6 Å². The number of rotatable bonds is 4. The molecule has 1 heterocycles. The van der Waals surface area contributed by atoms with Gasteiger partial charge >= 0.3 is 6.09 Å². The summed E-state index contributed by atoms with van der Waals surface area (Å²) in [6, 6.07) is 16.3. The van der Waals surface area contributed by atoms with Crippen LogP contribution in [-0.2, 0) is 5.54 Å². The van der Waals surface area contributed by atoms with Gasteiger partial charge in [-0.2, -0.15) is 5.26 Å². The molecule has 136 valence electrons.